The van der Waals surface area contributed by atoms with E-state index in [2.05, 4.69) is 15.6 Å². The predicted octanol–water partition coefficient (Wildman–Crippen LogP) is 2.94. The lowest BCUT2D eigenvalue weighted by Crippen LogP contribution is -2.52. The average molecular weight is 449 g/mol. The van der Waals surface area contributed by atoms with Crippen LogP contribution in [-0.2, 0) is 16.0 Å². The van der Waals surface area contributed by atoms with Gasteiger partial charge in [0.2, 0.25) is 11.8 Å². The van der Waals surface area contributed by atoms with Gasteiger partial charge in [0, 0.05) is 40.7 Å². The van der Waals surface area contributed by atoms with Gasteiger partial charge in [-0.1, -0.05) is 30.3 Å². The lowest BCUT2D eigenvalue weighted by molar-refractivity contribution is -0.128. The molecular formula is C25H28N4O4. The van der Waals surface area contributed by atoms with Crippen molar-refractivity contribution in [2.24, 2.45) is 0 Å². The Morgan fingerprint density at radius 2 is 1.76 bits per heavy atom. The van der Waals surface area contributed by atoms with E-state index in [1.807, 2.05) is 51.2 Å². The maximum absolute atomic E-state index is 12.9. The van der Waals surface area contributed by atoms with Gasteiger partial charge in [-0.2, -0.15) is 0 Å². The summed E-state index contributed by atoms with van der Waals surface area (Å²) in [5.74, 6) is -1.30. The van der Waals surface area contributed by atoms with Crippen LogP contribution in [0.2, 0.25) is 0 Å². The number of hydrogen-bond donors (Lipinski definition) is 5. The Labute approximate surface area is 192 Å². The van der Waals surface area contributed by atoms with E-state index in [1.165, 1.54) is 18.2 Å². The Hall–Kier alpha value is -3.91. The molecule has 0 aliphatic rings. The number of rotatable bonds is 7. The third-order valence-corrected chi connectivity index (χ3v) is 4.93. The van der Waals surface area contributed by atoms with E-state index in [-0.39, 0.29) is 11.5 Å². The molecule has 2 aromatic carbocycles. The Morgan fingerprint density at radius 1 is 1.06 bits per heavy atom. The summed E-state index contributed by atoms with van der Waals surface area (Å²) in [6.07, 6.45) is 5.11. The van der Waals surface area contributed by atoms with Crippen molar-refractivity contribution in [3.8, 4) is 0 Å². The van der Waals surface area contributed by atoms with Crippen molar-refractivity contribution in [1.29, 1.82) is 0 Å². The Bertz CT molecular complexity index is 1170. The van der Waals surface area contributed by atoms with Gasteiger partial charge in [0.25, 0.3) is 5.91 Å². The lowest BCUT2D eigenvalue weighted by atomic mass is 10.0. The van der Waals surface area contributed by atoms with Crippen LogP contribution in [0.1, 0.15) is 42.3 Å². The van der Waals surface area contributed by atoms with Crippen molar-refractivity contribution < 1.29 is 19.6 Å². The first-order chi connectivity index (χ1) is 15.7. The fraction of sp³-hybridized carbons (Fsp3) is 0.240. The van der Waals surface area contributed by atoms with Crippen molar-refractivity contribution in [3.63, 3.8) is 0 Å². The first-order valence-corrected chi connectivity index (χ1v) is 10.6. The van der Waals surface area contributed by atoms with Crippen LogP contribution in [0.25, 0.3) is 17.0 Å². The monoisotopic (exact) mass is 448 g/mol. The summed E-state index contributed by atoms with van der Waals surface area (Å²) < 4.78 is 0. The number of amides is 3. The van der Waals surface area contributed by atoms with Crippen LogP contribution in [0, 0.1) is 0 Å². The Kier molecular flexibility index (Phi) is 7.30. The highest BCUT2D eigenvalue weighted by molar-refractivity contribution is 5.97. The summed E-state index contributed by atoms with van der Waals surface area (Å²) in [6.45, 7) is 5.66. The molecule has 0 bridgehead atoms. The highest BCUT2D eigenvalue weighted by Gasteiger charge is 2.25. The summed E-state index contributed by atoms with van der Waals surface area (Å²) in [5, 5.41) is 15.4. The van der Waals surface area contributed by atoms with Crippen molar-refractivity contribution in [1.82, 2.24) is 21.1 Å². The summed E-state index contributed by atoms with van der Waals surface area (Å²) in [6, 6.07) is 13.4. The first kappa shape index (κ1) is 23.7. The highest BCUT2D eigenvalue weighted by atomic mass is 16.5. The Balaban J connectivity index is 1.74. The maximum Gasteiger partial charge on any atom is 0.274 e. The molecule has 1 aromatic heterocycles. The first-order valence-electron chi connectivity index (χ1n) is 10.6. The minimum Gasteiger partial charge on any atom is -0.361 e. The SMILES string of the molecule is CC(C)(C)NC(=O)[C@H](Cc1c[nH]c2ccccc12)NC(=O)/C=C/c1ccc(C(=O)NO)cc1. The second-order valence-electron chi connectivity index (χ2n) is 8.76. The zero-order valence-electron chi connectivity index (χ0n) is 18.8. The second kappa shape index (κ2) is 10.1. The number of carbonyl (C=O) groups excluding carboxylic acids is 3. The molecule has 1 atom stereocenters. The van der Waals surface area contributed by atoms with Crippen LogP contribution in [0.3, 0.4) is 0 Å². The number of fused-ring (bicyclic) bond motifs is 1. The van der Waals surface area contributed by atoms with Gasteiger partial charge in [-0.15, -0.1) is 0 Å². The maximum atomic E-state index is 12.9. The lowest BCUT2D eigenvalue weighted by Gasteiger charge is -2.25. The third-order valence-electron chi connectivity index (χ3n) is 4.93. The minimum absolute atomic E-state index is 0.270. The summed E-state index contributed by atoms with van der Waals surface area (Å²) in [7, 11) is 0. The topological polar surface area (TPSA) is 123 Å². The van der Waals surface area contributed by atoms with Gasteiger partial charge in [0.1, 0.15) is 6.04 Å². The fourth-order valence-corrected chi connectivity index (χ4v) is 3.39. The van der Waals surface area contributed by atoms with Crippen LogP contribution in [-0.4, -0.2) is 39.5 Å². The average Bonchev–Trinajstić information content (AvgIpc) is 3.19. The zero-order valence-corrected chi connectivity index (χ0v) is 18.8. The number of benzene rings is 2. The van der Waals surface area contributed by atoms with Gasteiger partial charge in [-0.3, -0.25) is 19.6 Å². The van der Waals surface area contributed by atoms with E-state index in [0.29, 0.717) is 12.0 Å². The number of hydrogen-bond acceptors (Lipinski definition) is 4. The molecule has 0 fully saturated rings. The quantitative estimate of drug-likeness (QED) is 0.217. The van der Waals surface area contributed by atoms with Gasteiger partial charge >= 0.3 is 0 Å². The molecule has 0 unspecified atom stereocenters. The number of aromatic nitrogens is 1. The van der Waals surface area contributed by atoms with Crippen LogP contribution in [0.15, 0.2) is 60.8 Å². The standard InChI is InChI=1S/C25H28N4O4/c1-25(2,3)28-24(32)21(14-18-15-26-20-7-5-4-6-19(18)20)27-22(30)13-10-16-8-11-17(12-9-16)23(31)29-33/h4-13,15,21,26,33H,14H2,1-3H3,(H,27,30)(H,28,32)(H,29,31)/b13-10+/t21-/m0/s1. The molecule has 3 amide bonds. The normalized spacial score (nSPS) is 12.5. The van der Waals surface area contributed by atoms with E-state index in [9.17, 15) is 14.4 Å². The van der Waals surface area contributed by atoms with E-state index in [1.54, 1.807) is 23.7 Å². The van der Waals surface area contributed by atoms with Crippen LogP contribution in [0.5, 0.6) is 0 Å². The predicted molar refractivity (Wildman–Crippen MR) is 127 cm³/mol. The number of aromatic amines is 1. The van der Waals surface area contributed by atoms with Crippen LogP contribution >= 0.6 is 0 Å². The van der Waals surface area contributed by atoms with Crippen LogP contribution < -0.4 is 16.1 Å². The zero-order chi connectivity index (χ0) is 24.0. The molecule has 0 aliphatic carbocycles. The molecule has 0 spiro atoms. The molecule has 0 saturated carbocycles. The summed E-state index contributed by atoms with van der Waals surface area (Å²) >= 11 is 0. The molecular weight excluding hydrogens is 420 g/mol. The largest absolute Gasteiger partial charge is 0.361 e. The fourth-order valence-electron chi connectivity index (χ4n) is 3.39. The minimum atomic E-state index is -0.767. The van der Waals surface area contributed by atoms with Gasteiger partial charge in [0.05, 0.1) is 0 Å². The molecule has 3 rings (SSSR count). The molecule has 3 aromatic rings. The van der Waals surface area contributed by atoms with Crippen molar-refractivity contribution in [2.45, 2.75) is 38.8 Å². The summed E-state index contributed by atoms with van der Waals surface area (Å²) in [5.41, 5.74) is 3.99. The third kappa shape index (κ3) is 6.54. The van der Waals surface area contributed by atoms with Crippen LogP contribution in [0.4, 0.5) is 0 Å². The molecule has 172 valence electrons. The number of hydroxylamine groups is 1. The van der Waals surface area contributed by atoms with E-state index >= 15 is 0 Å². The van der Waals surface area contributed by atoms with E-state index < -0.39 is 23.4 Å². The second-order valence-corrected chi connectivity index (χ2v) is 8.76. The molecule has 33 heavy (non-hydrogen) atoms. The highest BCUT2D eigenvalue weighted by Crippen LogP contribution is 2.19. The van der Waals surface area contributed by atoms with E-state index in [0.717, 1.165) is 16.5 Å². The molecule has 5 N–H and O–H groups in total. The van der Waals surface area contributed by atoms with Crippen molar-refractivity contribution in [2.75, 3.05) is 0 Å². The van der Waals surface area contributed by atoms with E-state index in [4.69, 9.17) is 5.21 Å². The van der Waals surface area contributed by atoms with Gasteiger partial charge in [0.15, 0.2) is 0 Å². The molecule has 0 radical (unpaired) electrons. The number of nitrogens with one attached hydrogen (secondary N) is 4. The van der Waals surface area contributed by atoms with Crippen molar-refractivity contribution in [3.05, 3.63) is 77.5 Å². The molecule has 8 heteroatoms. The number of para-hydroxylation sites is 1. The molecule has 8 nitrogen and oxygen atoms in total. The smallest absolute Gasteiger partial charge is 0.274 e. The molecule has 0 saturated heterocycles. The van der Waals surface area contributed by atoms with Gasteiger partial charge < -0.3 is 15.6 Å². The molecule has 1 heterocycles. The summed E-state index contributed by atoms with van der Waals surface area (Å²) in [4.78, 5) is 40.2. The molecule has 0 aliphatic heterocycles. The number of carbonyl (C=O) groups is 3. The van der Waals surface area contributed by atoms with Crippen molar-refractivity contribution >= 4 is 34.7 Å². The number of H-pyrrole nitrogens is 1. The van der Waals surface area contributed by atoms with Gasteiger partial charge in [-0.05, 0) is 56.2 Å². The Morgan fingerprint density at radius 3 is 2.42 bits per heavy atom. The van der Waals surface area contributed by atoms with Gasteiger partial charge in [-0.25, -0.2) is 5.48 Å².